The summed E-state index contributed by atoms with van der Waals surface area (Å²) in [6, 6.07) is 8.28. The number of hydrogen-bond donors (Lipinski definition) is 0. The summed E-state index contributed by atoms with van der Waals surface area (Å²) in [4.78, 5) is 18.5. The normalized spacial score (nSPS) is 16.8. The van der Waals surface area contributed by atoms with Gasteiger partial charge in [0.15, 0.2) is 0 Å². The number of imidazole rings is 1. The monoisotopic (exact) mass is 327 g/mol. The maximum Gasteiger partial charge on any atom is 0.224 e. The zero-order valence-corrected chi connectivity index (χ0v) is 14.4. The van der Waals surface area contributed by atoms with Gasteiger partial charge in [0.05, 0.1) is 6.33 Å². The van der Waals surface area contributed by atoms with E-state index < -0.39 is 0 Å². The molecule has 1 atom stereocenters. The minimum atomic E-state index is 0.140. The van der Waals surface area contributed by atoms with Crippen LogP contribution in [0.2, 0.25) is 0 Å². The molecule has 0 radical (unpaired) electrons. The molecule has 128 valence electrons. The number of rotatable bonds is 5. The van der Waals surface area contributed by atoms with Crippen LogP contribution in [-0.2, 0) is 4.79 Å². The first-order chi connectivity index (χ1) is 11.6. The molecule has 0 bridgehead atoms. The number of benzene rings is 1. The molecule has 1 saturated heterocycles. The fourth-order valence-electron chi connectivity index (χ4n) is 3.12. The van der Waals surface area contributed by atoms with Crippen molar-refractivity contribution < 1.29 is 9.53 Å². The molecule has 24 heavy (non-hydrogen) atoms. The fourth-order valence-corrected chi connectivity index (χ4v) is 3.12. The Morgan fingerprint density at radius 1 is 1.38 bits per heavy atom. The summed E-state index contributed by atoms with van der Waals surface area (Å²) < 4.78 is 8.03. The molecular weight excluding hydrogens is 302 g/mol. The maximum atomic E-state index is 12.5. The molecule has 0 spiro atoms. The van der Waals surface area contributed by atoms with Gasteiger partial charge in [0.1, 0.15) is 11.9 Å². The minimum Gasteiger partial charge on any atom is -0.490 e. The van der Waals surface area contributed by atoms with Crippen LogP contribution < -0.4 is 4.74 Å². The Labute approximate surface area is 143 Å². The lowest BCUT2D eigenvalue weighted by Gasteiger charge is -2.33. The summed E-state index contributed by atoms with van der Waals surface area (Å²) in [5.74, 6) is 1.14. The second kappa shape index (κ2) is 7.51. The lowest BCUT2D eigenvalue weighted by molar-refractivity contribution is -0.133. The van der Waals surface area contributed by atoms with Crippen molar-refractivity contribution in [1.82, 2.24) is 14.5 Å². The number of nitrogens with zero attached hydrogens (tertiary/aromatic N) is 3. The summed E-state index contributed by atoms with van der Waals surface area (Å²) in [5, 5.41) is 0. The molecule has 1 amide bonds. The van der Waals surface area contributed by atoms with Crippen molar-refractivity contribution in [3.63, 3.8) is 0 Å². The molecule has 0 N–H and O–H groups in total. The molecule has 5 nitrogen and oxygen atoms in total. The van der Waals surface area contributed by atoms with Crippen LogP contribution in [0, 0.1) is 6.92 Å². The van der Waals surface area contributed by atoms with Crippen molar-refractivity contribution in [2.45, 2.75) is 45.3 Å². The number of aromatic nitrogens is 2. The minimum absolute atomic E-state index is 0.140. The standard InChI is InChI=1S/C19H25N3O2/c1-15-4-3-5-18(12-15)24-17-6-9-21(10-7-17)19(23)13-16(2)22-11-8-20-14-22/h3-5,8,11-12,14,16-17H,6-7,9-10,13H2,1-2H3. The smallest absolute Gasteiger partial charge is 0.224 e. The molecular formula is C19H25N3O2. The van der Waals surface area contributed by atoms with Gasteiger partial charge in [0, 0.05) is 50.8 Å². The predicted molar refractivity (Wildman–Crippen MR) is 93.0 cm³/mol. The Hall–Kier alpha value is -2.30. The van der Waals surface area contributed by atoms with Gasteiger partial charge in [0.2, 0.25) is 5.91 Å². The molecule has 1 aliphatic rings. The molecule has 1 aromatic carbocycles. The third-order valence-electron chi connectivity index (χ3n) is 4.59. The van der Waals surface area contributed by atoms with Gasteiger partial charge in [-0.2, -0.15) is 0 Å². The van der Waals surface area contributed by atoms with E-state index in [9.17, 15) is 4.79 Å². The van der Waals surface area contributed by atoms with E-state index in [1.54, 1.807) is 12.5 Å². The van der Waals surface area contributed by atoms with E-state index in [0.29, 0.717) is 6.42 Å². The lowest BCUT2D eigenvalue weighted by Crippen LogP contribution is -2.42. The van der Waals surface area contributed by atoms with Crippen molar-refractivity contribution in [2.24, 2.45) is 0 Å². The fraction of sp³-hybridized carbons (Fsp3) is 0.474. The van der Waals surface area contributed by atoms with Crippen LogP contribution in [0.4, 0.5) is 0 Å². The summed E-state index contributed by atoms with van der Waals surface area (Å²) in [5.41, 5.74) is 1.20. The highest BCUT2D eigenvalue weighted by atomic mass is 16.5. The third-order valence-corrected chi connectivity index (χ3v) is 4.59. The van der Waals surface area contributed by atoms with E-state index in [1.165, 1.54) is 5.56 Å². The molecule has 5 heteroatoms. The Balaban J connectivity index is 1.47. The highest BCUT2D eigenvalue weighted by Crippen LogP contribution is 2.21. The molecule has 0 aliphatic carbocycles. The van der Waals surface area contributed by atoms with E-state index in [2.05, 4.69) is 24.0 Å². The van der Waals surface area contributed by atoms with Crippen LogP contribution in [0.25, 0.3) is 0 Å². The van der Waals surface area contributed by atoms with Gasteiger partial charge in [0.25, 0.3) is 0 Å². The van der Waals surface area contributed by atoms with Gasteiger partial charge in [-0.1, -0.05) is 12.1 Å². The van der Waals surface area contributed by atoms with E-state index in [0.717, 1.165) is 31.7 Å². The van der Waals surface area contributed by atoms with Crippen LogP contribution in [-0.4, -0.2) is 39.6 Å². The maximum absolute atomic E-state index is 12.5. The molecule has 1 aromatic heterocycles. The second-order valence-electron chi connectivity index (χ2n) is 6.58. The van der Waals surface area contributed by atoms with E-state index in [4.69, 9.17) is 4.74 Å². The average molecular weight is 327 g/mol. The van der Waals surface area contributed by atoms with E-state index in [-0.39, 0.29) is 18.1 Å². The summed E-state index contributed by atoms with van der Waals surface area (Å²) in [6.45, 7) is 5.65. The average Bonchev–Trinajstić information content (AvgIpc) is 3.10. The largest absolute Gasteiger partial charge is 0.490 e. The van der Waals surface area contributed by atoms with Crippen molar-refractivity contribution in [3.8, 4) is 5.75 Å². The highest BCUT2D eigenvalue weighted by molar-refractivity contribution is 5.76. The Morgan fingerprint density at radius 3 is 2.83 bits per heavy atom. The third kappa shape index (κ3) is 4.16. The van der Waals surface area contributed by atoms with E-state index >= 15 is 0 Å². The number of carbonyl (C=O) groups excluding carboxylic acids is 1. The summed E-state index contributed by atoms with van der Waals surface area (Å²) >= 11 is 0. The summed E-state index contributed by atoms with van der Waals surface area (Å²) in [6.07, 6.45) is 7.90. The number of amides is 1. The SMILES string of the molecule is Cc1cccc(OC2CCN(C(=O)CC(C)n3ccnc3)CC2)c1. The number of likely N-dealkylation sites (tertiary alicyclic amines) is 1. The summed E-state index contributed by atoms with van der Waals surface area (Å²) in [7, 11) is 0. The Bertz CT molecular complexity index is 661. The van der Waals surface area contributed by atoms with Crippen molar-refractivity contribution in [1.29, 1.82) is 0 Å². The van der Waals surface area contributed by atoms with Crippen LogP contribution in [0.1, 0.15) is 37.8 Å². The molecule has 1 fully saturated rings. The van der Waals surface area contributed by atoms with Gasteiger partial charge < -0.3 is 14.2 Å². The van der Waals surface area contributed by atoms with Crippen LogP contribution in [0.3, 0.4) is 0 Å². The van der Waals surface area contributed by atoms with Crippen molar-refractivity contribution in [3.05, 3.63) is 48.5 Å². The first-order valence-corrected chi connectivity index (χ1v) is 8.60. The molecule has 1 unspecified atom stereocenters. The molecule has 0 saturated carbocycles. The lowest BCUT2D eigenvalue weighted by atomic mass is 10.1. The Morgan fingerprint density at radius 2 is 2.17 bits per heavy atom. The first-order valence-electron chi connectivity index (χ1n) is 8.60. The van der Waals surface area contributed by atoms with E-state index in [1.807, 2.05) is 34.7 Å². The molecule has 2 aromatic rings. The number of piperidine rings is 1. The number of aryl methyl sites for hydroxylation is 1. The van der Waals surface area contributed by atoms with Crippen LogP contribution >= 0.6 is 0 Å². The van der Waals surface area contributed by atoms with Gasteiger partial charge in [-0.3, -0.25) is 4.79 Å². The molecule has 3 rings (SSSR count). The first kappa shape index (κ1) is 16.6. The van der Waals surface area contributed by atoms with Gasteiger partial charge in [-0.25, -0.2) is 4.98 Å². The quantitative estimate of drug-likeness (QED) is 0.847. The van der Waals surface area contributed by atoms with Gasteiger partial charge in [-0.05, 0) is 31.5 Å². The highest BCUT2D eigenvalue weighted by Gasteiger charge is 2.25. The van der Waals surface area contributed by atoms with Crippen LogP contribution in [0.5, 0.6) is 5.75 Å². The number of carbonyl (C=O) groups is 1. The molecule has 2 heterocycles. The van der Waals surface area contributed by atoms with Gasteiger partial charge in [-0.15, -0.1) is 0 Å². The van der Waals surface area contributed by atoms with Crippen molar-refractivity contribution in [2.75, 3.05) is 13.1 Å². The number of hydrogen-bond acceptors (Lipinski definition) is 3. The zero-order valence-electron chi connectivity index (χ0n) is 14.4. The van der Waals surface area contributed by atoms with Crippen molar-refractivity contribution >= 4 is 5.91 Å². The predicted octanol–water partition coefficient (Wildman–Crippen LogP) is 3.21. The molecule has 1 aliphatic heterocycles. The Kier molecular flexibility index (Phi) is 5.18. The van der Waals surface area contributed by atoms with Gasteiger partial charge >= 0.3 is 0 Å². The second-order valence-corrected chi connectivity index (χ2v) is 6.58. The van der Waals surface area contributed by atoms with Crippen LogP contribution in [0.15, 0.2) is 43.0 Å². The zero-order chi connectivity index (χ0) is 16.9. The topological polar surface area (TPSA) is 47.4 Å². The number of ether oxygens (including phenoxy) is 1.